The molecule has 2 aliphatic heterocycles. The Kier molecular flexibility index (Phi) is 6.70. The molecule has 1 fully saturated rings. The number of aliphatic imine (C=N–C) groups is 1. The van der Waals surface area contributed by atoms with Gasteiger partial charge in [-0.1, -0.05) is 26.0 Å². The Bertz CT molecular complexity index is 1250. The number of nitriles is 1. The summed E-state index contributed by atoms with van der Waals surface area (Å²) in [6.45, 7) is 12.1. The lowest BCUT2D eigenvalue weighted by atomic mass is 9.68. The molecule has 0 aromatic carbocycles. The van der Waals surface area contributed by atoms with Crippen LogP contribution in [-0.4, -0.2) is 49.4 Å². The maximum absolute atomic E-state index is 13.0. The quantitative estimate of drug-likeness (QED) is 0.528. The fourth-order valence-corrected chi connectivity index (χ4v) is 5.75. The summed E-state index contributed by atoms with van der Waals surface area (Å²) in [7, 11) is 0. The van der Waals surface area contributed by atoms with Crippen molar-refractivity contribution in [3.8, 4) is 6.07 Å². The molecule has 198 valence electrons. The first-order chi connectivity index (χ1) is 17.2. The number of aromatic nitrogens is 2. The first kappa shape index (κ1) is 26.8. The molecule has 3 unspecified atom stereocenters. The molecule has 0 bridgehead atoms. The van der Waals surface area contributed by atoms with E-state index in [0.717, 1.165) is 30.5 Å². The summed E-state index contributed by atoms with van der Waals surface area (Å²) in [6.07, 6.45) is 9.85. The van der Waals surface area contributed by atoms with Crippen LogP contribution >= 0.6 is 0 Å². The highest BCUT2D eigenvalue weighted by Gasteiger charge is 2.52. The number of nitrogens with zero attached hydrogens (tertiary/aromatic N) is 3. The number of aromatic amines is 1. The van der Waals surface area contributed by atoms with Crippen LogP contribution in [0.15, 0.2) is 34.6 Å². The van der Waals surface area contributed by atoms with Crippen molar-refractivity contribution in [1.82, 2.24) is 15.3 Å². The van der Waals surface area contributed by atoms with Gasteiger partial charge in [-0.15, -0.1) is 0 Å². The number of amides is 1. The minimum atomic E-state index is -1.30. The van der Waals surface area contributed by atoms with Crippen LogP contribution in [0, 0.1) is 22.7 Å². The Hall–Kier alpha value is -3.25. The molecule has 37 heavy (non-hydrogen) atoms. The predicted molar refractivity (Wildman–Crippen MR) is 139 cm³/mol. The van der Waals surface area contributed by atoms with Gasteiger partial charge in [0.25, 0.3) is 5.91 Å². The van der Waals surface area contributed by atoms with Crippen molar-refractivity contribution in [3.05, 3.63) is 41.1 Å². The van der Waals surface area contributed by atoms with Gasteiger partial charge >= 0.3 is 5.97 Å². The summed E-state index contributed by atoms with van der Waals surface area (Å²) in [5.41, 5.74) is 0.389. The number of imidazole rings is 1. The zero-order valence-electron chi connectivity index (χ0n) is 22.6. The first-order valence-electron chi connectivity index (χ1n) is 12.9. The Balaban J connectivity index is 1.69. The van der Waals surface area contributed by atoms with Gasteiger partial charge in [0.1, 0.15) is 11.8 Å². The van der Waals surface area contributed by atoms with Crippen LogP contribution < -0.4 is 5.32 Å². The van der Waals surface area contributed by atoms with Crippen LogP contribution in [0.25, 0.3) is 0 Å². The monoisotopic (exact) mass is 507 g/mol. The summed E-state index contributed by atoms with van der Waals surface area (Å²) < 4.78 is 6.02. The zero-order valence-corrected chi connectivity index (χ0v) is 22.6. The molecule has 1 aromatic heterocycles. The van der Waals surface area contributed by atoms with Crippen LogP contribution in [0.1, 0.15) is 96.4 Å². The van der Waals surface area contributed by atoms with Gasteiger partial charge in [-0.05, 0) is 83.1 Å². The highest BCUT2D eigenvalue weighted by molar-refractivity contribution is 6.15. The number of allylic oxidation sites excluding steroid dienone is 2. The second-order valence-electron chi connectivity index (χ2n) is 12.5. The highest BCUT2D eigenvalue weighted by atomic mass is 16.5. The molecule has 4 rings (SSSR count). The number of H-pyrrole nitrogens is 1. The average Bonchev–Trinajstić information content (AvgIpc) is 3.29. The molecule has 3 heterocycles. The van der Waals surface area contributed by atoms with Gasteiger partial charge in [0, 0.05) is 0 Å². The van der Waals surface area contributed by atoms with Gasteiger partial charge in [-0.2, -0.15) is 5.26 Å². The molecule has 0 spiro atoms. The van der Waals surface area contributed by atoms with Crippen LogP contribution in [0.2, 0.25) is 0 Å². The normalized spacial score (nSPS) is 30.8. The lowest BCUT2D eigenvalue weighted by Crippen LogP contribution is -2.56. The number of hydrogen-bond donors (Lipinski definition) is 3. The predicted octanol–water partition coefficient (Wildman–Crippen LogP) is 4.68. The van der Waals surface area contributed by atoms with Gasteiger partial charge in [-0.3, -0.25) is 9.79 Å². The summed E-state index contributed by atoms with van der Waals surface area (Å²) in [6, 6.07) is 1.94. The van der Waals surface area contributed by atoms with E-state index in [1.165, 1.54) is 6.20 Å². The van der Waals surface area contributed by atoms with Gasteiger partial charge in [0.05, 0.1) is 28.7 Å². The lowest BCUT2D eigenvalue weighted by Gasteiger charge is -2.50. The van der Waals surface area contributed by atoms with E-state index in [1.54, 1.807) is 6.92 Å². The van der Waals surface area contributed by atoms with Crippen LogP contribution in [-0.2, 0) is 9.53 Å². The largest absolute Gasteiger partial charge is 0.479 e. The number of nitrogens with one attached hydrogen (secondary N) is 2. The van der Waals surface area contributed by atoms with Crippen LogP contribution in [0.4, 0.5) is 0 Å². The van der Waals surface area contributed by atoms with Gasteiger partial charge < -0.3 is 20.1 Å². The van der Waals surface area contributed by atoms with Crippen molar-refractivity contribution in [1.29, 1.82) is 5.26 Å². The number of rotatable bonds is 5. The number of carbonyl (C=O) groups excluding carboxylic acids is 1. The van der Waals surface area contributed by atoms with Crippen molar-refractivity contribution >= 4 is 17.6 Å². The zero-order chi connectivity index (χ0) is 27.2. The maximum Gasteiger partial charge on any atom is 0.335 e. The summed E-state index contributed by atoms with van der Waals surface area (Å²) >= 11 is 0. The van der Waals surface area contributed by atoms with Gasteiger partial charge in [-0.25, -0.2) is 9.78 Å². The third-order valence-electron chi connectivity index (χ3n) is 7.99. The SMILES string of the molecule is CC1(C)CC=C(C2=NC(C)(C3CC(C)(C)OC(C)(C(=O)O)C3)CC=C2NC(=O)c2ncc(C#N)[nH]2)CC1. The van der Waals surface area contributed by atoms with E-state index in [2.05, 4.69) is 42.1 Å². The smallest absolute Gasteiger partial charge is 0.335 e. The van der Waals surface area contributed by atoms with Crippen molar-refractivity contribution < 1.29 is 19.4 Å². The minimum absolute atomic E-state index is 0.0373. The average molecular weight is 508 g/mol. The lowest BCUT2D eigenvalue weighted by molar-refractivity contribution is -0.209. The first-order valence-corrected chi connectivity index (χ1v) is 12.9. The Morgan fingerprint density at radius 1 is 1.16 bits per heavy atom. The number of hydrogen-bond acceptors (Lipinski definition) is 6. The molecule has 1 saturated heterocycles. The van der Waals surface area contributed by atoms with E-state index in [-0.39, 0.29) is 22.9 Å². The summed E-state index contributed by atoms with van der Waals surface area (Å²) in [5, 5.41) is 22.0. The molecular weight excluding hydrogens is 470 g/mol. The van der Waals surface area contributed by atoms with Gasteiger partial charge in [0.2, 0.25) is 0 Å². The number of aliphatic carboxylic acids is 1. The van der Waals surface area contributed by atoms with E-state index in [0.29, 0.717) is 25.0 Å². The van der Waals surface area contributed by atoms with Crippen molar-refractivity contribution in [3.63, 3.8) is 0 Å². The molecule has 9 nitrogen and oxygen atoms in total. The molecule has 3 N–H and O–H groups in total. The van der Waals surface area contributed by atoms with E-state index >= 15 is 0 Å². The second kappa shape index (κ2) is 9.25. The number of ether oxygens (including phenoxy) is 1. The fraction of sp³-hybridized carbons (Fsp3) is 0.607. The number of carboxylic acid groups (broad SMARTS) is 1. The molecule has 0 radical (unpaired) electrons. The molecule has 3 atom stereocenters. The fourth-order valence-electron chi connectivity index (χ4n) is 5.75. The maximum atomic E-state index is 13.0. The standard InChI is InChI=1S/C28H37N5O4/c1-25(2)10-7-17(8-11-25)21-20(32-23(34)22-30-16-19(15-29)31-22)9-12-27(5,33-21)18-13-26(3,4)37-28(6,14-18)24(35)36/h7,9,16,18H,8,10-14H2,1-6H3,(H,30,31)(H,32,34)(H,35,36). The molecular formula is C28H37N5O4. The van der Waals surface area contributed by atoms with E-state index < -0.39 is 28.6 Å². The summed E-state index contributed by atoms with van der Waals surface area (Å²) in [5.74, 6) is -1.38. The molecule has 9 heteroatoms. The Morgan fingerprint density at radius 2 is 1.89 bits per heavy atom. The third kappa shape index (κ3) is 5.54. The van der Waals surface area contributed by atoms with Crippen LogP contribution in [0.5, 0.6) is 0 Å². The number of dihydropyridines is 1. The number of carbonyl (C=O) groups is 2. The minimum Gasteiger partial charge on any atom is -0.479 e. The molecule has 0 saturated carbocycles. The Morgan fingerprint density at radius 3 is 2.49 bits per heavy atom. The molecule has 1 aliphatic carbocycles. The van der Waals surface area contributed by atoms with Crippen molar-refractivity contribution in [2.75, 3.05) is 0 Å². The van der Waals surface area contributed by atoms with Crippen molar-refractivity contribution in [2.24, 2.45) is 16.3 Å². The summed E-state index contributed by atoms with van der Waals surface area (Å²) in [4.78, 5) is 37.1. The number of carboxylic acids is 1. The van der Waals surface area contributed by atoms with E-state index in [1.807, 2.05) is 26.0 Å². The third-order valence-corrected chi connectivity index (χ3v) is 7.99. The second-order valence-corrected chi connectivity index (χ2v) is 12.5. The van der Waals surface area contributed by atoms with Crippen LogP contribution in [0.3, 0.4) is 0 Å². The van der Waals surface area contributed by atoms with Gasteiger partial charge in [0.15, 0.2) is 11.4 Å². The molecule has 3 aliphatic rings. The molecule has 1 amide bonds. The topological polar surface area (TPSA) is 140 Å². The molecule has 1 aromatic rings. The van der Waals surface area contributed by atoms with E-state index in [9.17, 15) is 14.7 Å². The Labute approximate surface area is 218 Å². The highest BCUT2D eigenvalue weighted by Crippen LogP contribution is 2.47. The van der Waals surface area contributed by atoms with Crippen molar-refractivity contribution in [2.45, 2.75) is 96.8 Å². The van der Waals surface area contributed by atoms with E-state index in [4.69, 9.17) is 15.0 Å².